The molecule has 2 rings (SSSR count). The minimum atomic E-state index is -0.474. The molecule has 0 aliphatic rings. The van der Waals surface area contributed by atoms with Crippen LogP contribution in [0.1, 0.15) is 10.4 Å². The van der Waals surface area contributed by atoms with E-state index in [2.05, 4.69) is 10.9 Å². The fourth-order valence-electron chi connectivity index (χ4n) is 2.05. The number of hydrogen-bond donors (Lipinski definition) is 2. The van der Waals surface area contributed by atoms with Crippen molar-refractivity contribution in [3.05, 3.63) is 64.1 Å². The quantitative estimate of drug-likeness (QED) is 0.707. The summed E-state index contributed by atoms with van der Waals surface area (Å²) in [7, 11) is 1.78. The second-order valence-electron chi connectivity index (χ2n) is 5.52. The molecule has 2 aromatic carbocycles. The Balaban J connectivity index is 1.67. The molecular weight excluding hydrogens is 377 g/mol. The van der Waals surface area contributed by atoms with Crippen molar-refractivity contribution in [2.24, 2.45) is 0 Å². The molecule has 0 saturated heterocycles. The Morgan fingerprint density at radius 2 is 1.73 bits per heavy atom. The van der Waals surface area contributed by atoms with E-state index in [0.717, 1.165) is 0 Å². The molecule has 26 heavy (non-hydrogen) atoms. The van der Waals surface area contributed by atoms with Crippen molar-refractivity contribution in [2.75, 3.05) is 26.7 Å². The Morgan fingerprint density at radius 3 is 2.42 bits per heavy atom. The number of amides is 2. The number of hydrazine groups is 1. The predicted octanol–water partition coefficient (Wildman–Crippen LogP) is 2.77. The van der Waals surface area contributed by atoms with Crippen molar-refractivity contribution < 1.29 is 14.3 Å². The summed E-state index contributed by atoms with van der Waals surface area (Å²) in [5.74, 6) is -0.115. The van der Waals surface area contributed by atoms with E-state index < -0.39 is 5.91 Å². The summed E-state index contributed by atoms with van der Waals surface area (Å²) in [6, 6.07) is 13.6. The molecule has 2 aromatic rings. The van der Waals surface area contributed by atoms with Crippen molar-refractivity contribution >= 4 is 35.0 Å². The van der Waals surface area contributed by atoms with Crippen LogP contribution in [0.15, 0.2) is 48.5 Å². The van der Waals surface area contributed by atoms with Gasteiger partial charge in [0.05, 0.1) is 17.1 Å². The van der Waals surface area contributed by atoms with E-state index in [-0.39, 0.29) is 12.5 Å². The highest BCUT2D eigenvalue weighted by Crippen LogP contribution is 2.15. The van der Waals surface area contributed by atoms with Gasteiger partial charge in [0.15, 0.2) is 0 Å². The van der Waals surface area contributed by atoms with Gasteiger partial charge in [0.1, 0.15) is 12.4 Å². The lowest BCUT2D eigenvalue weighted by Crippen LogP contribution is -2.46. The summed E-state index contributed by atoms with van der Waals surface area (Å²) in [4.78, 5) is 25.6. The second kappa shape index (κ2) is 10.0. The fourth-order valence-corrected chi connectivity index (χ4v) is 2.40. The van der Waals surface area contributed by atoms with Crippen LogP contribution in [0.5, 0.6) is 5.75 Å². The van der Waals surface area contributed by atoms with Gasteiger partial charge in [0.2, 0.25) is 0 Å². The molecule has 2 N–H and O–H groups in total. The highest BCUT2D eigenvalue weighted by atomic mass is 35.5. The molecule has 6 nitrogen and oxygen atoms in total. The molecule has 0 saturated carbocycles. The van der Waals surface area contributed by atoms with Crippen LogP contribution >= 0.6 is 23.2 Å². The number of likely N-dealkylation sites (N-methyl/N-ethyl adjacent to an activating group) is 1. The van der Waals surface area contributed by atoms with Crippen molar-refractivity contribution in [3.63, 3.8) is 0 Å². The monoisotopic (exact) mass is 395 g/mol. The number of halogens is 2. The summed E-state index contributed by atoms with van der Waals surface area (Å²) < 4.78 is 5.57. The third-order valence-corrected chi connectivity index (χ3v) is 3.98. The van der Waals surface area contributed by atoms with Crippen LogP contribution in [-0.4, -0.2) is 43.5 Å². The average Bonchev–Trinajstić information content (AvgIpc) is 2.62. The molecule has 0 spiro atoms. The molecule has 2 amide bonds. The van der Waals surface area contributed by atoms with E-state index in [4.69, 9.17) is 27.9 Å². The first kappa shape index (κ1) is 20.0. The zero-order valence-corrected chi connectivity index (χ0v) is 15.7. The molecule has 138 valence electrons. The smallest absolute Gasteiger partial charge is 0.271 e. The summed E-state index contributed by atoms with van der Waals surface area (Å²) >= 11 is 11.7. The zero-order valence-electron chi connectivity index (χ0n) is 14.2. The number of carbonyl (C=O) groups is 2. The number of nitrogens with zero attached hydrogens (tertiary/aromatic N) is 1. The molecular formula is C18H19Cl2N3O3. The summed E-state index contributed by atoms with van der Waals surface area (Å²) in [5.41, 5.74) is 4.99. The predicted molar refractivity (Wildman–Crippen MR) is 102 cm³/mol. The lowest BCUT2D eigenvalue weighted by molar-refractivity contribution is -0.122. The van der Waals surface area contributed by atoms with Crippen molar-refractivity contribution in [1.82, 2.24) is 15.8 Å². The SMILES string of the molecule is CN(CCOc1ccc(Cl)cc1)CC(=O)NNC(=O)c1ccccc1Cl. The maximum Gasteiger partial charge on any atom is 0.271 e. The Bertz CT molecular complexity index is 754. The molecule has 0 atom stereocenters. The van der Waals surface area contributed by atoms with Gasteiger partial charge in [-0.3, -0.25) is 25.3 Å². The second-order valence-corrected chi connectivity index (χ2v) is 6.37. The highest BCUT2D eigenvalue weighted by Gasteiger charge is 2.11. The van der Waals surface area contributed by atoms with Gasteiger partial charge in [-0.05, 0) is 43.4 Å². The maximum atomic E-state index is 12.0. The van der Waals surface area contributed by atoms with Gasteiger partial charge in [-0.25, -0.2) is 0 Å². The molecule has 0 radical (unpaired) electrons. The van der Waals surface area contributed by atoms with Gasteiger partial charge in [-0.15, -0.1) is 0 Å². The number of carbonyl (C=O) groups excluding carboxylic acids is 2. The summed E-state index contributed by atoms with van der Waals surface area (Å²) in [6.45, 7) is 1.05. The van der Waals surface area contributed by atoms with Crippen LogP contribution in [0.3, 0.4) is 0 Å². The highest BCUT2D eigenvalue weighted by molar-refractivity contribution is 6.33. The third kappa shape index (κ3) is 6.55. The van der Waals surface area contributed by atoms with E-state index in [1.54, 1.807) is 60.5 Å². The van der Waals surface area contributed by atoms with Crippen LogP contribution in [0, 0.1) is 0 Å². The van der Waals surface area contributed by atoms with Crippen molar-refractivity contribution in [1.29, 1.82) is 0 Å². The van der Waals surface area contributed by atoms with Crippen LogP contribution in [0.25, 0.3) is 0 Å². The van der Waals surface area contributed by atoms with Crippen LogP contribution in [0.4, 0.5) is 0 Å². The van der Waals surface area contributed by atoms with E-state index in [1.165, 1.54) is 0 Å². The molecule has 0 aromatic heterocycles. The van der Waals surface area contributed by atoms with Crippen molar-refractivity contribution in [2.45, 2.75) is 0 Å². The topological polar surface area (TPSA) is 70.7 Å². The Kier molecular flexibility index (Phi) is 7.72. The third-order valence-electron chi connectivity index (χ3n) is 3.40. The first-order chi connectivity index (χ1) is 12.5. The fraction of sp³-hybridized carbons (Fsp3) is 0.222. The van der Waals surface area contributed by atoms with Crippen molar-refractivity contribution in [3.8, 4) is 5.75 Å². The van der Waals surface area contributed by atoms with E-state index in [9.17, 15) is 9.59 Å². The van der Waals surface area contributed by atoms with Gasteiger partial charge in [-0.2, -0.15) is 0 Å². The summed E-state index contributed by atoms with van der Waals surface area (Å²) in [6.07, 6.45) is 0. The van der Waals surface area contributed by atoms with Crippen LogP contribution in [-0.2, 0) is 4.79 Å². The van der Waals surface area contributed by atoms with Gasteiger partial charge >= 0.3 is 0 Å². The minimum absolute atomic E-state index is 0.104. The Morgan fingerprint density at radius 1 is 1.04 bits per heavy atom. The average molecular weight is 396 g/mol. The maximum absolute atomic E-state index is 12.0. The van der Waals surface area contributed by atoms with Crippen LogP contribution < -0.4 is 15.6 Å². The summed E-state index contributed by atoms with van der Waals surface area (Å²) in [5, 5.41) is 0.959. The van der Waals surface area contributed by atoms with Gasteiger partial charge in [0, 0.05) is 11.6 Å². The number of ether oxygens (including phenoxy) is 1. The number of hydrogen-bond acceptors (Lipinski definition) is 4. The molecule has 8 heteroatoms. The van der Waals surface area contributed by atoms with Gasteiger partial charge in [-0.1, -0.05) is 35.3 Å². The van der Waals surface area contributed by atoms with E-state index >= 15 is 0 Å². The molecule has 0 aliphatic carbocycles. The largest absolute Gasteiger partial charge is 0.492 e. The first-order valence-corrected chi connectivity index (χ1v) is 8.62. The molecule has 0 aliphatic heterocycles. The number of benzene rings is 2. The van der Waals surface area contributed by atoms with Gasteiger partial charge < -0.3 is 4.74 Å². The lowest BCUT2D eigenvalue weighted by atomic mass is 10.2. The number of nitrogens with one attached hydrogen (secondary N) is 2. The Hall–Kier alpha value is -2.28. The molecule has 0 bridgehead atoms. The molecule has 0 heterocycles. The normalized spacial score (nSPS) is 10.5. The first-order valence-electron chi connectivity index (χ1n) is 7.86. The number of rotatable bonds is 7. The van der Waals surface area contributed by atoms with Crippen LogP contribution in [0.2, 0.25) is 10.0 Å². The molecule has 0 unspecified atom stereocenters. The van der Waals surface area contributed by atoms with E-state index in [1.807, 2.05) is 0 Å². The molecule has 0 fully saturated rings. The van der Waals surface area contributed by atoms with E-state index in [0.29, 0.717) is 34.5 Å². The minimum Gasteiger partial charge on any atom is -0.492 e. The zero-order chi connectivity index (χ0) is 18.9. The lowest BCUT2D eigenvalue weighted by Gasteiger charge is -2.17. The standard InChI is InChI=1S/C18H19Cl2N3O3/c1-23(10-11-26-14-8-6-13(19)7-9-14)12-17(24)21-22-18(25)15-4-2-3-5-16(15)20/h2-9H,10-12H2,1H3,(H,21,24)(H,22,25). The Labute approximate surface area is 162 Å². The van der Waals surface area contributed by atoms with Gasteiger partial charge in [0.25, 0.3) is 11.8 Å².